The smallest absolute Gasteiger partial charge is 0.366 e. The van der Waals surface area contributed by atoms with Gasteiger partial charge in [0.2, 0.25) is 5.82 Å². The summed E-state index contributed by atoms with van der Waals surface area (Å²) in [5.41, 5.74) is 5.98. The molecule has 5 aromatic rings. The van der Waals surface area contributed by atoms with Gasteiger partial charge in [0.15, 0.2) is 5.82 Å². The van der Waals surface area contributed by atoms with Crippen LogP contribution in [-0.4, -0.2) is 46.8 Å². The Morgan fingerprint density at radius 3 is 2.45 bits per heavy atom. The van der Waals surface area contributed by atoms with Crippen LogP contribution in [0.2, 0.25) is 10.0 Å². The molecule has 0 fully saturated rings. The Morgan fingerprint density at radius 2 is 1.79 bits per heavy atom. The number of hydrogen-bond acceptors (Lipinski definition) is 7. The summed E-state index contributed by atoms with van der Waals surface area (Å²) in [5.74, 6) is -1.22. The number of tetrazole rings is 1. The molecule has 16 heteroatoms. The molecule has 2 aromatic carbocycles. The monoisotopic (exact) mass is 615 g/mol. The van der Waals surface area contributed by atoms with Crippen molar-refractivity contribution in [2.24, 2.45) is 5.73 Å². The van der Waals surface area contributed by atoms with E-state index < -0.39 is 23.6 Å². The van der Waals surface area contributed by atoms with Gasteiger partial charge >= 0.3 is 6.18 Å². The minimum Gasteiger partial charge on any atom is -0.366 e. The molecule has 3 heterocycles. The standard InChI is InChI=1S/C26H18Cl2F3N9O2/c1-13-9-16(27)10-18(22(32)41)21(13)34-25(42)20-11-17(36-40(20)24-19(28)3-2-8-33-24)12-39-37-23(35-38-39)14-4-6-15(7-5-14)26(29,30)31/h2-11H,12H2,1H3,(H2,32,41)(H,34,42). The number of pyridine rings is 1. The maximum absolute atomic E-state index is 13.5. The summed E-state index contributed by atoms with van der Waals surface area (Å²) in [6.45, 7) is 1.58. The Hall–Kier alpha value is -4.82. The number of carbonyl (C=O) groups is 2. The summed E-state index contributed by atoms with van der Waals surface area (Å²) >= 11 is 12.4. The first kappa shape index (κ1) is 28.7. The highest BCUT2D eigenvalue weighted by atomic mass is 35.5. The van der Waals surface area contributed by atoms with Crippen LogP contribution in [0.5, 0.6) is 0 Å². The molecule has 2 amide bonds. The number of nitrogens with zero attached hydrogens (tertiary/aromatic N) is 7. The normalized spacial score (nSPS) is 11.5. The van der Waals surface area contributed by atoms with Gasteiger partial charge in [-0.3, -0.25) is 9.59 Å². The second-order valence-corrected chi connectivity index (χ2v) is 9.77. The number of halogens is 5. The maximum Gasteiger partial charge on any atom is 0.416 e. The van der Waals surface area contributed by atoms with E-state index in [1.54, 1.807) is 25.1 Å². The lowest BCUT2D eigenvalue weighted by Gasteiger charge is -2.13. The largest absolute Gasteiger partial charge is 0.416 e. The highest BCUT2D eigenvalue weighted by Gasteiger charge is 2.30. The molecule has 5 rings (SSSR count). The SMILES string of the molecule is Cc1cc(Cl)cc(C(N)=O)c1NC(=O)c1cc(Cn2nnc(-c3ccc(C(F)(F)F)cc3)n2)nn1-c1ncccc1Cl. The number of benzene rings is 2. The van der Waals surface area contributed by atoms with Crippen molar-refractivity contribution < 1.29 is 22.8 Å². The molecule has 0 saturated heterocycles. The number of hydrogen-bond donors (Lipinski definition) is 2. The Kier molecular flexibility index (Phi) is 7.67. The second-order valence-electron chi connectivity index (χ2n) is 8.92. The maximum atomic E-state index is 13.5. The van der Waals surface area contributed by atoms with Gasteiger partial charge in [0.05, 0.1) is 27.5 Å². The number of alkyl halides is 3. The minimum atomic E-state index is -4.48. The number of nitrogens with one attached hydrogen (secondary N) is 1. The molecule has 214 valence electrons. The molecule has 0 spiro atoms. The molecule has 0 radical (unpaired) electrons. The van der Waals surface area contributed by atoms with E-state index in [2.05, 4.69) is 30.8 Å². The van der Waals surface area contributed by atoms with E-state index >= 15 is 0 Å². The molecule has 0 bridgehead atoms. The van der Waals surface area contributed by atoms with Crippen molar-refractivity contribution in [1.29, 1.82) is 0 Å². The van der Waals surface area contributed by atoms with Gasteiger partial charge in [-0.2, -0.15) is 23.1 Å². The molecular weight excluding hydrogens is 598 g/mol. The average molecular weight is 616 g/mol. The zero-order valence-electron chi connectivity index (χ0n) is 21.4. The van der Waals surface area contributed by atoms with Crippen LogP contribution in [0.1, 0.15) is 37.7 Å². The van der Waals surface area contributed by atoms with Crippen molar-refractivity contribution in [2.75, 3.05) is 5.32 Å². The Bertz CT molecular complexity index is 1820. The van der Waals surface area contributed by atoms with E-state index in [1.807, 2.05) is 0 Å². The molecule has 11 nitrogen and oxygen atoms in total. The summed E-state index contributed by atoms with van der Waals surface area (Å²) in [4.78, 5) is 31.0. The molecule has 0 saturated carbocycles. The van der Waals surface area contributed by atoms with Crippen LogP contribution < -0.4 is 11.1 Å². The number of rotatable bonds is 7. The van der Waals surface area contributed by atoms with E-state index in [1.165, 1.54) is 35.1 Å². The van der Waals surface area contributed by atoms with Gasteiger partial charge in [-0.1, -0.05) is 35.3 Å². The summed E-state index contributed by atoms with van der Waals surface area (Å²) in [6.07, 6.45) is -3.01. The molecule has 3 aromatic heterocycles. The lowest BCUT2D eigenvalue weighted by atomic mass is 10.1. The van der Waals surface area contributed by atoms with Crippen molar-refractivity contribution in [1.82, 2.24) is 35.0 Å². The first-order valence-electron chi connectivity index (χ1n) is 12.0. The fourth-order valence-electron chi connectivity index (χ4n) is 4.02. The highest BCUT2D eigenvalue weighted by molar-refractivity contribution is 6.32. The van der Waals surface area contributed by atoms with Crippen LogP contribution in [0.15, 0.2) is 60.8 Å². The minimum absolute atomic E-state index is 0.00144. The molecule has 0 aliphatic rings. The molecule has 0 aliphatic heterocycles. The summed E-state index contributed by atoms with van der Waals surface area (Å²) in [5, 5.41) is 19.7. The van der Waals surface area contributed by atoms with Crippen LogP contribution in [0, 0.1) is 6.92 Å². The van der Waals surface area contributed by atoms with Crippen LogP contribution in [0.3, 0.4) is 0 Å². The van der Waals surface area contributed by atoms with Crippen molar-refractivity contribution in [3.8, 4) is 17.2 Å². The molecule has 0 atom stereocenters. The van der Waals surface area contributed by atoms with Crippen molar-refractivity contribution in [3.05, 3.63) is 98.9 Å². The summed E-state index contributed by atoms with van der Waals surface area (Å²) in [7, 11) is 0. The number of nitrogens with two attached hydrogens (primary N) is 1. The van der Waals surface area contributed by atoms with E-state index in [-0.39, 0.29) is 45.2 Å². The number of carbonyl (C=O) groups excluding carboxylic acids is 2. The average Bonchev–Trinajstić information content (AvgIpc) is 3.57. The van der Waals surface area contributed by atoms with Crippen LogP contribution >= 0.6 is 23.2 Å². The predicted molar refractivity (Wildman–Crippen MR) is 146 cm³/mol. The Balaban J connectivity index is 1.47. The third-order valence-corrected chi connectivity index (χ3v) is 6.48. The molecule has 42 heavy (non-hydrogen) atoms. The Morgan fingerprint density at radius 1 is 1.05 bits per heavy atom. The van der Waals surface area contributed by atoms with Crippen molar-refractivity contribution >= 4 is 40.7 Å². The highest BCUT2D eigenvalue weighted by Crippen LogP contribution is 2.30. The lowest BCUT2D eigenvalue weighted by molar-refractivity contribution is -0.137. The van der Waals surface area contributed by atoms with Gasteiger partial charge in [0.1, 0.15) is 12.2 Å². The zero-order chi connectivity index (χ0) is 30.2. The van der Waals surface area contributed by atoms with Crippen molar-refractivity contribution in [3.63, 3.8) is 0 Å². The number of aromatic nitrogens is 7. The van der Waals surface area contributed by atoms with Crippen LogP contribution in [0.4, 0.5) is 18.9 Å². The molecule has 3 N–H and O–H groups in total. The fourth-order valence-corrected chi connectivity index (χ4v) is 4.50. The van der Waals surface area contributed by atoms with Crippen molar-refractivity contribution in [2.45, 2.75) is 19.6 Å². The van der Waals surface area contributed by atoms with Crippen LogP contribution in [-0.2, 0) is 12.7 Å². The first-order chi connectivity index (χ1) is 19.9. The van der Waals surface area contributed by atoms with Gasteiger partial charge in [-0.15, -0.1) is 10.2 Å². The third-order valence-electron chi connectivity index (χ3n) is 5.96. The first-order valence-corrected chi connectivity index (χ1v) is 12.7. The number of aryl methyl sites for hydroxylation is 1. The van der Waals surface area contributed by atoms with E-state index in [0.29, 0.717) is 16.8 Å². The van der Waals surface area contributed by atoms with Crippen LogP contribution in [0.25, 0.3) is 17.2 Å². The second kappa shape index (κ2) is 11.2. The van der Waals surface area contributed by atoms with E-state index in [9.17, 15) is 22.8 Å². The van der Waals surface area contributed by atoms with Gasteiger partial charge in [0.25, 0.3) is 11.8 Å². The topological polar surface area (TPSA) is 146 Å². The van der Waals surface area contributed by atoms with E-state index in [4.69, 9.17) is 28.9 Å². The fraction of sp³-hybridized carbons (Fsp3) is 0.115. The number of anilines is 1. The number of amides is 2. The predicted octanol–water partition coefficient (Wildman–Crippen LogP) is 4.95. The molecular formula is C26H18Cl2F3N9O2. The quantitative estimate of drug-likeness (QED) is 0.263. The van der Waals surface area contributed by atoms with E-state index in [0.717, 1.165) is 16.9 Å². The van der Waals surface area contributed by atoms with Gasteiger partial charge in [0, 0.05) is 16.8 Å². The number of primary amides is 1. The summed E-state index contributed by atoms with van der Waals surface area (Å²) < 4.78 is 39.9. The molecule has 0 aliphatic carbocycles. The zero-order valence-corrected chi connectivity index (χ0v) is 22.9. The lowest BCUT2D eigenvalue weighted by Crippen LogP contribution is -2.21. The Labute approximate surface area is 245 Å². The van der Waals surface area contributed by atoms with Gasteiger partial charge in [-0.05, 0) is 60.2 Å². The van der Waals surface area contributed by atoms with Gasteiger partial charge in [-0.25, -0.2) is 9.67 Å². The summed E-state index contributed by atoms with van der Waals surface area (Å²) in [6, 6.07) is 11.8. The molecule has 0 unspecified atom stereocenters. The third kappa shape index (κ3) is 5.94. The van der Waals surface area contributed by atoms with Gasteiger partial charge < -0.3 is 11.1 Å².